The van der Waals surface area contributed by atoms with Crippen LogP contribution < -0.4 is 5.32 Å². The number of amides is 1. The molecule has 0 aliphatic rings. The third-order valence-electron chi connectivity index (χ3n) is 1.83. The molecule has 5 nitrogen and oxygen atoms in total. The Hall–Kier alpha value is -1.53. The predicted molar refractivity (Wildman–Crippen MR) is 66.9 cm³/mol. The van der Waals surface area contributed by atoms with Gasteiger partial charge in [-0.15, -0.1) is 10.2 Å². The Bertz CT molecular complexity index is 529. The van der Waals surface area contributed by atoms with E-state index >= 15 is 0 Å². The Kier molecular flexibility index (Phi) is 3.65. The lowest BCUT2D eigenvalue weighted by atomic mass is 10.3. The lowest BCUT2D eigenvalue weighted by Gasteiger charge is -2.02. The fourth-order valence-electron chi connectivity index (χ4n) is 1.07. The molecule has 0 spiro atoms. The fraction of sp³-hybridized carbons (Fsp3) is 0. The highest BCUT2D eigenvalue weighted by molar-refractivity contribution is 9.10. The normalized spacial score (nSPS) is 10.0. The second-order valence-corrected chi connectivity index (χ2v) is 4.36. The van der Waals surface area contributed by atoms with Gasteiger partial charge in [0.1, 0.15) is 5.82 Å². The summed E-state index contributed by atoms with van der Waals surface area (Å²) < 4.78 is 0.835. The Balaban J connectivity index is 2.11. The zero-order chi connectivity index (χ0) is 12.3. The first-order chi connectivity index (χ1) is 8.15. The second kappa shape index (κ2) is 5.20. The SMILES string of the molecule is O=C(Nc1ccc(Br)cn1)c1ccc(Cl)nn1. The summed E-state index contributed by atoms with van der Waals surface area (Å²) >= 11 is 8.82. The van der Waals surface area contributed by atoms with Crippen molar-refractivity contribution in [3.05, 3.63) is 45.8 Å². The van der Waals surface area contributed by atoms with Gasteiger partial charge in [0.15, 0.2) is 10.8 Å². The second-order valence-electron chi connectivity index (χ2n) is 3.06. The Morgan fingerprint density at radius 3 is 2.65 bits per heavy atom. The van der Waals surface area contributed by atoms with E-state index in [1.165, 1.54) is 12.1 Å². The van der Waals surface area contributed by atoms with E-state index in [-0.39, 0.29) is 16.8 Å². The van der Waals surface area contributed by atoms with Crippen LogP contribution in [0.4, 0.5) is 5.82 Å². The lowest BCUT2D eigenvalue weighted by Crippen LogP contribution is -2.14. The smallest absolute Gasteiger partial charge is 0.277 e. The molecular weight excluding hydrogens is 307 g/mol. The van der Waals surface area contributed by atoms with E-state index < -0.39 is 0 Å². The molecule has 1 amide bonds. The van der Waals surface area contributed by atoms with Crippen molar-refractivity contribution in [2.24, 2.45) is 0 Å². The first-order valence-corrected chi connectivity index (χ1v) is 5.74. The topological polar surface area (TPSA) is 67.8 Å². The van der Waals surface area contributed by atoms with Crippen molar-refractivity contribution < 1.29 is 4.79 Å². The van der Waals surface area contributed by atoms with E-state index in [9.17, 15) is 4.79 Å². The van der Waals surface area contributed by atoms with Crippen molar-refractivity contribution in [2.45, 2.75) is 0 Å². The molecule has 0 saturated carbocycles. The molecule has 0 radical (unpaired) electrons. The van der Waals surface area contributed by atoms with Gasteiger partial charge < -0.3 is 5.32 Å². The van der Waals surface area contributed by atoms with Crippen molar-refractivity contribution in [1.29, 1.82) is 0 Å². The fourth-order valence-corrected chi connectivity index (χ4v) is 1.40. The summed E-state index contributed by atoms with van der Waals surface area (Å²) in [6.45, 7) is 0. The number of aromatic nitrogens is 3. The number of hydrogen-bond donors (Lipinski definition) is 1. The molecule has 0 unspecified atom stereocenters. The van der Waals surface area contributed by atoms with Crippen LogP contribution in [0.2, 0.25) is 5.15 Å². The highest BCUT2D eigenvalue weighted by Gasteiger charge is 2.08. The molecule has 1 N–H and O–H groups in total. The van der Waals surface area contributed by atoms with Crippen LogP contribution >= 0.6 is 27.5 Å². The van der Waals surface area contributed by atoms with Crippen LogP contribution in [0.5, 0.6) is 0 Å². The maximum Gasteiger partial charge on any atom is 0.277 e. The molecule has 17 heavy (non-hydrogen) atoms. The molecule has 0 atom stereocenters. The van der Waals surface area contributed by atoms with Crippen molar-refractivity contribution in [3.8, 4) is 0 Å². The van der Waals surface area contributed by atoms with E-state index in [2.05, 4.69) is 36.4 Å². The quantitative estimate of drug-likeness (QED) is 0.925. The summed E-state index contributed by atoms with van der Waals surface area (Å²) in [5.41, 5.74) is 0.180. The largest absolute Gasteiger partial charge is 0.305 e. The van der Waals surface area contributed by atoms with Crippen molar-refractivity contribution in [3.63, 3.8) is 0 Å². The predicted octanol–water partition coefficient (Wildman–Crippen LogP) is 2.54. The summed E-state index contributed by atoms with van der Waals surface area (Å²) in [4.78, 5) is 15.7. The molecule has 0 aromatic carbocycles. The molecule has 0 fully saturated rings. The first-order valence-electron chi connectivity index (χ1n) is 4.57. The van der Waals surface area contributed by atoms with Crippen LogP contribution in [0.3, 0.4) is 0 Å². The minimum atomic E-state index is -0.385. The van der Waals surface area contributed by atoms with E-state index in [1.807, 2.05) is 0 Å². The first kappa shape index (κ1) is 11.9. The number of carbonyl (C=O) groups excluding carboxylic acids is 1. The van der Waals surface area contributed by atoms with E-state index in [0.717, 1.165) is 4.47 Å². The molecule has 0 aliphatic heterocycles. The van der Waals surface area contributed by atoms with Crippen molar-refractivity contribution >= 4 is 39.3 Å². The van der Waals surface area contributed by atoms with Crippen LogP contribution in [-0.4, -0.2) is 21.1 Å². The zero-order valence-corrected chi connectivity index (χ0v) is 10.7. The number of hydrogen-bond acceptors (Lipinski definition) is 4. The Morgan fingerprint density at radius 1 is 1.24 bits per heavy atom. The minimum absolute atomic E-state index is 0.180. The molecule has 2 aromatic heterocycles. The van der Waals surface area contributed by atoms with Crippen LogP contribution in [0, 0.1) is 0 Å². The summed E-state index contributed by atoms with van der Waals surface area (Å²) in [5, 5.41) is 10.1. The van der Waals surface area contributed by atoms with E-state index in [4.69, 9.17) is 11.6 Å². The Labute approximate surface area is 110 Å². The molecular formula is C10H6BrClN4O. The lowest BCUT2D eigenvalue weighted by molar-refractivity contribution is 0.102. The number of nitrogens with one attached hydrogen (secondary N) is 1. The molecule has 2 aromatic rings. The highest BCUT2D eigenvalue weighted by atomic mass is 79.9. The van der Waals surface area contributed by atoms with E-state index in [1.54, 1.807) is 18.3 Å². The number of anilines is 1. The molecule has 7 heteroatoms. The molecule has 0 bridgehead atoms. The van der Waals surface area contributed by atoms with Crippen LogP contribution in [0.1, 0.15) is 10.5 Å². The van der Waals surface area contributed by atoms with Gasteiger partial charge in [-0.25, -0.2) is 4.98 Å². The van der Waals surface area contributed by atoms with Gasteiger partial charge in [0.05, 0.1) is 0 Å². The summed E-state index contributed by atoms with van der Waals surface area (Å²) in [7, 11) is 0. The van der Waals surface area contributed by atoms with Crippen LogP contribution in [-0.2, 0) is 0 Å². The average molecular weight is 314 g/mol. The highest BCUT2D eigenvalue weighted by Crippen LogP contribution is 2.11. The van der Waals surface area contributed by atoms with Crippen LogP contribution in [0.25, 0.3) is 0 Å². The number of pyridine rings is 1. The number of rotatable bonds is 2. The van der Waals surface area contributed by atoms with Crippen molar-refractivity contribution in [2.75, 3.05) is 5.32 Å². The zero-order valence-electron chi connectivity index (χ0n) is 8.39. The molecule has 0 aliphatic carbocycles. The monoisotopic (exact) mass is 312 g/mol. The van der Waals surface area contributed by atoms with Gasteiger partial charge in [0, 0.05) is 10.7 Å². The number of halogens is 2. The maximum absolute atomic E-state index is 11.7. The van der Waals surface area contributed by atoms with Crippen molar-refractivity contribution in [1.82, 2.24) is 15.2 Å². The summed E-state index contributed by atoms with van der Waals surface area (Å²) in [6, 6.07) is 6.43. The van der Waals surface area contributed by atoms with E-state index in [0.29, 0.717) is 5.82 Å². The van der Waals surface area contributed by atoms with Gasteiger partial charge in [-0.2, -0.15) is 0 Å². The van der Waals surface area contributed by atoms with Gasteiger partial charge >= 0.3 is 0 Å². The van der Waals surface area contributed by atoms with Gasteiger partial charge in [-0.1, -0.05) is 11.6 Å². The third-order valence-corrected chi connectivity index (χ3v) is 2.50. The van der Waals surface area contributed by atoms with Gasteiger partial charge in [0.2, 0.25) is 0 Å². The third kappa shape index (κ3) is 3.21. The summed E-state index contributed by atoms with van der Waals surface area (Å²) in [6.07, 6.45) is 1.59. The molecule has 2 heterocycles. The average Bonchev–Trinajstić information content (AvgIpc) is 2.33. The maximum atomic E-state index is 11.7. The number of carbonyl (C=O) groups is 1. The van der Waals surface area contributed by atoms with Gasteiger partial charge in [-0.3, -0.25) is 4.79 Å². The van der Waals surface area contributed by atoms with Crippen LogP contribution in [0.15, 0.2) is 34.9 Å². The van der Waals surface area contributed by atoms with Gasteiger partial charge in [-0.05, 0) is 40.2 Å². The summed E-state index contributed by atoms with van der Waals surface area (Å²) in [5.74, 6) is 0.0546. The molecule has 86 valence electrons. The standard InChI is InChI=1S/C10H6BrClN4O/c11-6-1-4-9(13-5-6)14-10(17)7-2-3-8(12)16-15-7/h1-5H,(H,13,14,17). The van der Waals surface area contributed by atoms with Gasteiger partial charge in [0.25, 0.3) is 5.91 Å². The minimum Gasteiger partial charge on any atom is -0.305 e. The molecule has 0 saturated heterocycles. The Morgan fingerprint density at radius 2 is 2.06 bits per heavy atom. The molecule has 2 rings (SSSR count). The number of nitrogens with zero attached hydrogens (tertiary/aromatic N) is 3.